The summed E-state index contributed by atoms with van der Waals surface area (Å²) in [6.07, 6.45) is 2.62. The molecule has 2 unspecified atom stereocenters. The van der Waals surface area contributed by atoms with Crippen molar-refractivity contribution < 1.29 is 13.9 Å². The molecular weight excluding hydrogens is 293 g/mol. The number of hydrogen-bond acceptors (Lipinski definition) is 3. The fourth-order valence-electron chi connectivity index (χ4n) is 3.14. The van der Waals surface area contributed by atoms with Gasteiger partial charge in [0.15, 0.2) is 0 Å². The van der Waals surface area contributed by atoms with E-state index in [4.69, 9.17) is 9.47 Å². The monoisotopic (exact) mass is 315 g/mol. The fourth-order valence-corrected chi connectivity index (χ4v) is 3.14. The third-order valence-corrected chi connectivity index (χ3v) is 4.25. The van der Waals surface area contributed by atoms with Crippen molar-refractivity contribution in [1.29, 1.82) is 0 Å². The van der Waals surface area contributed by atoms with Gasteiger partial charge in [-0.2, -0.15) is 0 Å². The molecule has 2 aromatic rings. The summed E-state index contributed by atoms with van der Waals surface area (Å²) in [7, 11) is 1.64. The van der Waals surface area contributed by atoms with Crippen LogP contribution in [0.5, 0.6) is 5.75 Å². The highest BCUT2D eigenvalue weighted by Gasteiger charge is 2.33. The molecule has 1 aliphatic heterocycles. The Kier molecular flexibility index (Phi) is 5.13. The molecule has 0 saturated carbocycles. The van der Waals surface area contributed by atoms with Gasteiger partial charge in [0.25, 0.3) is 0 Å². The molecule has 0 spiro atoms. The van der Waals surface area contributed by atoms with Gasteiger partial charge in [-0.1, -0.05) is 30.3 Å². The number of para-hydroxylation sites is 2. The summed E-state index contributed by atoms with van der Waals surface area (Å²) in [6.45, 7) is 0.809. The van der Waals surface area contributed by atoms with Crippen LogP contribution in [0.3, 0.4) is 0 Å². The lowest BCUT2D eigenvalue weighted by Crippen LogP contribution is -2.50. The second kappa shape index (κ2) is 7.47. The molecule has 3 rings (SSSR count). The number of halogens is 1. The summed E-state index contributed by atoms with van der Waals surface area (Å²) in [5.41, 5.74) is 0.621. The summed E-state index contributed by atoms with van der Waals surface area (Å²) >= 11 is 0. The van der Waals surface area contributed by atoms with Gasteiger partial charge in [-0.25, -0.2) is 4.39 Å². The van der Waals surface area contributed by atoms with Crippen LogP contribution in [0.2, 0.25) is 0 Å². The molecule has 23 heavy (non-hydrogen) atoms. The average molecular weight is 315 g/mol. The van der Waals surface area contributed by atoms with Gasteiger partial charge in [-0.3, -0.25) is 0 Å². The maximum absolute atomic E-state index is 14.2. The number of nitrogens with zero attached hydrogens (tertiary/aromatic N) is 1. The third-order valence-electron chi connectivity index (χ3n) is 4.25. The van der Waals surface area contributed by atoms with Crippen molar-refractivity contribution in [3.05, 3.63) is 60.4 Å². The first kappa shape index (κ1) is 15.8. The summed E-state index contributed by atoms with van der Waals surface area (Å²) in [6, 6.07) is 16.5. The van der Waals surface area contributed by atoms with E-state index in [2.05, 4.69) is 4.90 Å². The number of rotatable bonds is 5. The molecule has 0 radical (unpaired) electrons. The van der Waals surface area contributed by atoms with Crippen molar-refractivity contribution in [2.45, 2.75) is 31.6 Å². The van der Waals surface area contributed by atoms with Crippen LogP contribution in [-0.4, -0.2) is 26.0 Å². The number of anilines is 1. The standard InChI is InChI=1S/C19H22FNO2/c1-22-19(23-15-9-3-2-4-10-15)18-13-7-8-14-21(18)17-12-6-5-11-16(17)20/h2-6,9-12,18-19H,7-8,13-14H2,1H3. The lowest BCUT2D eigenvalue weighted by molar-refractivity contribution is -0.0751. The average Bonchev–Trinajstić information content (AvgIpc) is 2.61. The van der Waals surface area contributed by atoms with E-state index in [0.29, 0.717) is 5.69 Å². The van der Waals surface area contributed by atoms with E-state index in [9.17, 15) is 4.39 Å². The fraction of sp³-hybridized carbons (Fsp3) is 0.368. The van der Waals surface area contributed by atoms with E-state index in [0.717, 1.165) is 31.6 Å². The predicted molar refractivity (Wildman–Crippen MR) is 89.3 cm³/mol. The first-order valence-corrected chi connectivity index (χ1v) is 8.05. The Balaban J connectivity index is 1.83. The maximum atomic E-state index is 14.2. The highest BCUT2D eigenvalue weighted by atomic mass is 19.1. The van der Waals surface area contributed by atoms with Crippen molar-refractivity contribution in [3.63, 3.8) is 0 Å². The van der Waals surface area contributed by atoms with Crippen LogP contribution < -0.4 is 9.64 Å². The number of hydrogen-bond donors (Lipinski definition) is 0. The van der Waals surface area contributed by atoms with Gasteiger partial charge < -0.3 is 14.4 Å². The number of piperidine rings is 1. The van der Waals surface area contributed by atoms with Crippen LogP contribution in [0.1, 0.15) is 19.3 Å². The Morgan fingerprint density at radius 2 is 1.78 bits per heavy atom. The van der Waals surface area contributed by atoms with Gasteiger partial charge in [-0.15, -0.1) is 0 Å². The summed E-state index contributed by atoms with van der Waals surface area (Å²) in [5, 5.41) is 0. The zero-order valence-corrected chi connectivity index (χ0v) is 13.3. The van der Waals surface area contributed by atoms with Crippen LogP contribution in [0, 0.1) is 5.82 Å². The molecule has 0 amide bonds. The molecule has 0 N–H and O–H groups in total. The zero-order valence-electron chi connectivity index (χ0n) is 13.3. The van der Waals surface area contributed by atoms with Gasteiger partial charge in [0.05, 0.1) is 11.7 Å². The SMILES string of the molecule is COC(Oc1ccccc1)C1CCCCN1c1ccccc1F. The molecule has 1 aliphatic rings. The second-order valence-electron chi connectivity index (χ2n) is 5.74. The van der Waals surface area contributed by atoms with Crippen LogP contribution in [-0.2, 0) is 4.74 Å². The van der Waals surface area contributed by atoms with Crippen LogP contribution >= 0.6 is 0 Å². The normalized spacial score (nSPS) is 19.4. The molecule has 0 bridgehead atoms. The minimum Gasteiger partial charge on any atom is -0.463 e. The molecule has 4 heteroatoms. The summed E-state index contributed by atoms with van der Waals surface area (Å²) in [4.78, 5) is 2.08. The molecule has 1 heterocycles. The topological polar surface area (TPSA) is 21.7 Å². The van der Waals surface area contributed by atoms with E-state index < -0.39 is 6.29 Å². The molecule has 1 saturated heterocycles. The van der Waals surface area contributed by atoms with Crippen molar-refractivity contribution in [2.24, 2.45) is 0 Å². The minimum atomic E-state index is -0.433. The van der Waals surface area contributed by atoms with Crippen LogP contribution in [0.4, 0.5) is 10.1 Å². The molecule has 0 aliphatic carbocycles. The first-order valence-electron chi connectivity index (χ1n) is 8.05. The lowest BCUT2D eigenvalue weighted by atomic mass is 10.0. The van der Waals surface area contributed by atoms with Gasteiger partial charge in [0.2, 0.25) is 6.29 Å². The molecule has 3 nitrogen and oxygen atoms in total. The van der Waals surface area contributed by atoms with Crippen molar-refractivity contribution >= 4 is 5.69 Å². The highest BCUT2D eigenvalue weighted by Crippen LogP contribution is 2.30. The van der Waals surface area contributed by atoms with Crippen LogP contribution in [0.25, 0.3) is 0 Å². The lowest BCUT2D eigenvalue weighted by Gasteiger charge is -2.40. The van der Waals surface area contributed by atoms with E-state index in [1.165, 1.54) is 6.07 Å². The molecular formula is C19H22FNO2. The molecule has 0 aromatic heterocycles. The third kappa shape index (κ3) is 3.64. The smallest absolute Gasteiger partial charge is 0.220 e. The Morgan fingerprint density at radius 1 is 1.04 bits per heavy atom. The zero-order chi connectivity index (χ0) is 16.1. The number of benzene rings is 2. The largest absolute Gasteiger partial charge is 0.463 e. The van der Waals surface area contributed by atoms with Gasteiger partial charge >= 0.3 is 0 Å². The second-order valence-corrected chi connectivity index (χ2v) is 5.74. The quantitative estimate of drug-likeness (QED) is 0.771. The first-order chi connectivity index (χ1) is 11.3. The molecule has 122 valence electrons. The van der Waals surface area contributed by atoms with Crippen molar-refractivity contribution in [3.8, 4) is 5.75 Å². The Labute approximate surface area is 136 Å². The van der Waals surface area contributed by atoms with E-state index in [-0.39, 0.29) is 11.9 Å². The van der Waals surface area contributed by atoms with E-state index in [1.54, 1.807) is 13.2 Å². The number of methoxy groups -OCH3 is 1. The van der Waals surface area contributed by atoms with Crippen molar-refractivity contribution in [2.75, 3.05) is 18.6 Å². The molecule has 2 atom stereocenters. The van der Waals surface area contributed by atoms with E-state index >= 15 is 0 Å². The Morgan fingerprint density at radius 3 is 2.52 bits per heavy atom. The van der Waals surface area contributed by atoms with Gasteiger partial charge in [-0.05, 0) is 43.5 Å². The minimum absolute atomic E-state index is 0.00847. The summed E-state index contributed by atoms with van der Waals surface area (Å²) in [5.74, 6) is 0.562. The molecule has 1 fully saturated rings. The van der Waals surface area contributed by atoms with Crippen LogP contribution in [0.15, 0.2) is 54.6 Å². The number of ether oxygens (including phenoxy) is 2. The Hall–Kier alpha value is -2.07. The Bertz CT molecular complexity index is 620. The summed E-state index contributed by atoms with van der Waals surface area (Å²) < 4.78 is 25.8. The predicted octanol–water partition coefficient (Wildman–Crippen LogP) is 4.24. The van der Waals surface area contributed by atoms with Crippen molar-refractivity contribution in [1.82, 2.24) is 0 Å². The maximum Gasteiger partial charge on any atom is 0.220 e. The molecule has 2 aromatic carbocycles. The van der Waals surface area contributed by atoms with Gasteiger partial charge in [0, 0.05) is 13.7 Å². The van der Waals surface area contributed by atoms with Gasteiger partial charge in [0.1, 0.15) is 11.6 Å². The van der Waals surface area contributed by atoms with E-state index in [1.807, 2.05) is 42.5 Å². The highest BCUT2D eigenvalue weighted by molar-refractivity contribution is 5.49.